The second kappa shape index (κ2) is 12.4. The molecule has 4 rings (SSSR count). The second-order valence-electron chi connectivity index (χ2n) is 9.59. The summed E-state index contributed by atoms with van der Waals surface area (Å²) in [5, 5.41) is 0. The molecule has 0 atom stereocenters. The molecule has 1 aliphatic heterocycles. The summed E-state index contributed by atoms with van der Waals surface area (Å²) in [6.07, 6.45) is 7.33. The van der Waals surface area contributed by atoms with Gasteiger partial charge in [0.15, 0.2) is 0 Å². The first-order valence-electron chi connectivity index (χ1n) is 13.2. The number of ether oxygens (including phenoxy) is 1. The summed E-state index contributed by atoms with van der Waals surface area (Å²) in [5.74, 6) is 1.32. The van der Waals surface area contributed by atoms with Gasteiger partial charge in [0.1, 0.15) is 17.3 Å². The highest BCUT2D eigenvalue weighted by atomic mass is 16.5. The number of amidine groups is 1. The van der Waals surface area contributed by atoms with Gasteiger partial charge in [0.2, 0.25) is 0 Å². The van der Waals surface area contributed by atoms with E-state index in [2.05, 4.69) is 30.9 Å². The number of benzene rings is 3. The number of anilines is 2. The number of aliphatic imine (C=N–C) groups is 1. The largest absolute Gasteiger partial charge is 0.494 e. The van der Waals surface area contributed by atoms with Gasteiger partial charge in [-0.05, 0) is 85.0 Å². The van der Waals surface area contributed by atoms with Crippen LogP contribution in [-0.2, 0) is 11.2 Å². The number of carbonyl (C=O) groups is 1. The normalized spacial score (nSPS) is 14.3. The maximum Gasteiger partial charge on any atom is 0.282 e. The molecule has 0 aliphatic carbocycles. The first kappa shape index (κ1) is 26.2. The standard InChI is InChI=1S/C32H37N3O2/c1-5-7-9-24-10-18-28(19-11-24)35-31(26-14-20-29(21-15-26)37-22-8-6-2)33-30(32(35)36)23-25-12-16-27(17-13-25)34(3)4/h10-21,23H,5-9,22H2,1-4H3. The van der Waals surface area contributed by atoms with E-state index in [-0.39, 0.29) is 5.91 Å². The molecule has 3 aromatic carbocycles. The Morgan fingerprint density at radius 1 is 0.865 bits per heavy atom. The highest BCUT2D eigenvalue weighted by Gasteiger charge is 2.32. The number of aryl methyl sites for hydroxylation is 1. The van der Waals surface area contributed by atoms with Crippen molar-refractivity contribution in [2.45, 2.75) is 46.0 Å². The molecule has 1 heterocycles. The van der Waals surface area contributed by atoms with E-state index in [1.54, 1.807) is 4.90 Å². The Kier molecular flexibility index (Phi) is 8.78. The van der Waals surface area contributed by atoms with Gasteiger partial charge in [-0.1, -0.05) is 51.0 Å². The van der Waals surface area contributed by atoms with Crippen molar-refractivity contribution in [3.8, 4) is 5.75 Å². The first-order valence-corrected chi connectivity index (χ1v) is 13.2. The third kappa shape index (κ3) is 6.48. The van der Waals surface area contributed by atoms with Crippen LogP contribution in [0.25, 0.3) is 6.08 Å². The SMILES string of the molecule is CCCCOc1ccc(C2=NC(=Cc3ccc(N(C)C)cc3)C(=O)N2c2ccc(CCCC)cc2)cc1. The molecule has 0 bridgehead atoms. The molecular weight excluding hydrogens is 458 g/mol. The second-order valence-corrected chi connectivity index (χ2v) is 9.59. The Morgan fingerprint density at radius 2 is 1.54 bits per heavy atom. The van der Waals surface area contributed by atoms with Crippen molar-refractivity contribution in [3.63, 3.8) is 0 Å². The van der Waals surface area contributed by atoms with Crippen molar-refractivity contribution >= 4 is 29.2 Å². The van der Waals surface area contributed by atoms with Crippen LogP contribution in [0.5, 0.6) is 5.75 Å². The van der Waals surface area contributed by atoms with Crippen LogP contribution < -0.4 is 14.5 Å². The lowest BCUT2D eigenvalue weighted by Gasteiger charge is -2.19. The molecule has 0 N–H and O–H groups in total. The molecular formula is C32H37N3O2. The van der Waals surface area contributed by atoms with E-state index in [0.717, 1.165) is 60.4 Å². The Balaban J connectivity index is 1.66. The number of nitrogens with zero attached hydrogens (tertiary/aromatic N) is 3. The first-order chi connectivity index (χ1) is 18.0. The Labute approximate surface area is 221 Å². The van der Waals surface area contributed by atoms with Gasteiger partial charge in [-0.2, -0.15) is 0 Å². The van der Waals surface area contributed by atoms with E-state index in [1.807, 2.05) is 80.8 Å². The molecule has 1 aliphatic rings. The van der Waals surface area contributed by atoms with Gasteiger partial charge in [-0.25, -0.2) is 4.99 Å². The van der Waals surface area contributed by atoms with Crippen LogP contribution in [-0.4, -0.2) is 32.4 Å². The molecule has 0 aromatic heterocycles. The van der Waals surface area contributed by atoms with E-state index in [9.17, 15) is 4.79 Å². The zero-order chi connectivity index (χ0) is 26.2. The van der Waals surface area contributed by atoms with E-state index in [0.29, 0.717) is 18.1 Å². The Hall–Kier alpha value is -3.86. The van der Waals surface area contributed by atoms with Crippen LogP contribution in [0.3, 0.4) is 0 Å². The highest BCUT2D eigenvalue weighted by molar-refractivity contribution is 6.33. The maximum atomic E-state index is 13.7. The minimum absolute atomic E-state index is 0.128. The summed E-state index contributed by atoms with van der Waals surface area (Å²) >= 11 is 0. The molecule has 5 heteroatoms. The summed E-state index contributed by atoms with van der Waals surface area (Å²) < 4.78 is 5.83. The molecule has 0 spiro atoms. The Bertz CT molecular complexity index is 1240. The average molecular weight is 496 g/mol. The third-order valence-corrected chi connectivity index (χ3v) is 6.47. The van der Waals surface area contributed by atoms with Crippen LogP contribution in [0.15, 0.2) is 83.5 Å². The lowest BCUT2D eigenvalue weighted by molar-refractivity contribution is -0.113. The monoisotopic (exact) mass is 495 g/mol. The van der Waals surface area contributed by atoms with Crippen molar-refractivity contribution in [3.05, 3.63) is 95.2 Å². The van der Waals surface area contributed by atoms with Crippen molar-refractivity contribution in [2.75, 3.05) is 30.5 Å². The number of rotatable bonds is 11. The van der Waals surface area contributed by atoms with Crippen molar-refractivity contribution in [1.29, 1.82) is 0 Å². The van der Waals surface area contributed by atoms with Crippen LogP contribution in [0.2, 0.25) is 0 Å². The molecule has 0 unspecified atom stereocenters. The quantitative estimate of drug-likeness (QED) is 0.210. The zero-order valence-electron chi connectivity index (χ0n) is 22.4. The van der Waals surface area contributed by atoms with Crippen LogP contribution in [0.1, 0.15) is 56.2 Å². The molecule has 37 heavy (non-hydrogen) atoms. The fraction of sp³-hybridized carbons (Fsp3) is 0.312. The lowest BCUT2D eigenvalue weighted by Crippen LogP contribution is -2.32. The summed E-state index contributed by atoms with van der Waals surface area (Å²) in [5.41, 5.74) is 5.44. The average Bonchev–Trinajstić information content (AvgIpc) is 3.24. The van der Waals surface area contributed by atoms with E-state index < -0.39 is 0 Å². The third-order valence-electron chi connectivity index (χ3n) is 6.47. The summed E-state index contributed by atoms with van der Waals surface area (Å²) in [6, 6.07) is 24.2. The number of unbranched alkanes of at least 4 members (excludes halogenated alkanes) is 2. The topological polar surface area (TPSA) is 45.1 Å². The molecule has 5 nitrogen and oxygen atoms in total. The molecule has 0 radical (unpaired) electrons. The number of hydrogen-bond acceptors (Lipinski definition) is 4. The summed E-state index contributed by atoms with van der Waals surface area (Å²) in [7, 11) is 4.02. The molecule has 0 saturated carbocycles. The van der Waals surface area contributed by atoms with Crippen LogP contribution in [0, 0.1) is 0 Å². The van der Waals surface area contributed by atoms with Gasteiger partial charge in [-0.15, -0.1) is 0 Å². The predicted molar refractivity (Wildman–Crippen MR) is 155 cm³/mol. The van der Waals surface area contributed by atoms with E-state index >= 15 is 0 Å². The molecule has 192 valence electrons. The number of carbonyl (C=O) groups excluding carboxylic acids is 1. The fourth-order valence-electron chi connectivity index (χ4n) is 4.20. The molecule has 0 saturated heterocycles. The summed E-state index contributed by atoms with van der Waals surface area (Å²) in [6.45, 7) is 5.04. The van der Waals surface area contributed by atoms with Crippen LogP contribution in [0.4, 0.5) is 11.4 Å². The van der Waals surface area contributed by atoms with Crippen molar-refractivity contribution in [1.82, 2.24) is 0 Å². The van der Waals surface area contributed by atoms with Gasteiger partial charge in [0.25, 0.3) is 5.91 Å². The molecule has 1 amide bonds. The van der Waals surface area contributed by atoms with Gasteiger partial charge in [-0.3, -0.25) is 9.69 Å². The van der Waals surface area contributed by atoms with Gasteiger partial charge >= 0.3 is 0 Å². The van der Waals surface area contributed by atoms with Crippen LogP contribution >= 0.6 is 0 Å². The Morgan fingerprint density at radius 3 is 2.16 bits per heavy atom. The van der Waals surface area contributed by atoms with E-state index in [1.165, 1.54) is 5.56 Å². The smallest absolute Gasteiger partial charge is 0.282 e. The minimum atomic E-state index is -0.128. The van der Waals surface area contributed by atoms with Gasteiger partial charge < -0.3 is 9.64 Å². The molecule has 0 fully saturated rings. The maximum absolute atomic E-state index is 13.7. The lowest BCUT2D eigenvalue weighted by atomic mass is 10.1. The van der Waals surface area contributed by atoms with Gasteiger partial charge in [0.05, 0.1) is 12.3 Å². The number of amides is 1. The van der Waals surface area contributed by atoms with E-state index in [4.69, 9.17) is 9.73 Å². The highest BCUT2D eigenvalue weighted by Crippen LogP contribution is 2.29. The van der Waals surface area contributed by atoms with Crippen molar-refractivity contribution in [2.24, 2.45) is 4.99 Å². The summed E-state index contributed by atoms with van der Waals surface area (Å²) in [4.78, 5) is 22.3. The predicted octanol–water partition coefficient (Wildman–Crippen LogP) is 7.11. The fourth-order valence-corrected chi connectivity index (χ4v) is 4.20. The molecule has 3 aromatic rings. The minimum Gasteiger partial charge on any atom is -0.494 e. The number of hydrogen-bond donors (Lipinski definition) is 0. The van der Waals surface area contributed by atoms with Crippen molar-refractivity contribution < 1.29 is 9.53 Å². The van der Waals surface area contributed by atoms with Gasteiger partial charge in [0, 0.05) is 25.3 Å². The zero-order valence-corrected chi connectivity index (χ0v) is 22.4.